The predicted octanol–water partition coefficient (Wildman–Crippen LogP) is 2.25. The highest BCUT2D eigenvalue weighted by molar-refractivity contribution is 7.14. The van der Waals surface area contributed by atoms with Crippen LogP contribution < -0.4 is 11.1 Å². The summed E-state index contributed by atoms with van der Waals surface area (Å²) in [6.45, 7) is 0.274. The number of halogens is 1. The average molecular weight is 309 g/mol. The zero-order valence-electron chi connectivity index (χ0n) is 11.5. The van der Waals surface area contributed by atoms with Crippen molar-refractivity contribution in [1.29, 1.82) is 0 Å². The van der Waals surface area contributed by atoms with Gasteiger partial charge in [0.15, 0.2) is 5.13 Å². The number of carbonyl (C=O) groups excluding carboxylic acids is 1. The molecule has 1 amide bonds. The van der Waals surface area contributed by atoms with Gasteiger partial charge in [-0.1, -0.05) is 12.1 Å². The number of nitrogens with zero attached hydrogens (tertiary/aromatic N) is 1. The zero-order valence-corrected chi connectivity index (χ0v) is 12.3. The monoisotopic (exact) mass is 309 g/mol. The Balaban J connectivity index is 2.02. The molecule has 0 saturated carbocycles. The summed E-state index contributed by atoms with van der Waals surface area (Å²) in [5, 5.41) is 4.91. The number of carbonyl (C=O) groups is 1. The van der Waals surface area contributed by atoms with Gasteiger partial charge in [-0.2, -0.15) is 0 Å². The van der Waals surface area contributed by atoms with Crippen LogP contribution in [0.2, 0.25) is 0 Å². The molecule has 0 bridgehead atoms. The Kier molecular flexibility index (Phi) is 5.38. The number of rotatable bonds is 6. The largest absolute Gasteiger partial charge is 0.380 e. The number of ether oxygens (including phenoxy) is 1. The van der Waals surface area contributed by atoms with Crippen LogP contribution >= 0.6 is 11.3 Å². The van der Waals surface area contributed by atoms with Gasteiger partial charge in [-0.15, -0.1) is 11.3 Å². The molecule has 0 radical (unpaired) electrons. The number of hydrogen-bond acceptors (Lipinski definition) is 5. The maximum Gasteiger partial charge on any atom is 0.228 e. The molecule has 1 unspecified atom stereocenters. The van der Waals surface area contributed by atoms with E-state index in [0.717, 1.165) is 0 Å². The first kappa shape index (κ1) is 15.6. The summed E-state index contributed by atoms with van der Waals surface area (Å²) in [7, 11) is 1.51. The standard InChI is InChI=1S/C14H16FN3O2S/c1-20-11(7-16)6-13(19)18-14-17-12(8-21-14)9-3-2-4-10(15)5-9/h2-5,8,11H,6-7,16H2,1H3,(H,17,18,19). The minimum atomic E-state index is -0.322. The molecule has 21 heavy (non-hydrogen) atoms. The lowest BCUT2D eigenvalue weighted by Gasteiger charge is -2.11. The Labute approximate surface area is 126 Å². The van der Waals surface area contributed by atoms with Crippen LogP contribution in [0, 0.1) is 5.82 Å². The van der Waals surface area contributed by atoms with Crippen molar-refractivity contribution >= 4 is 22.4 Å². The molecular formula is C14H16FN3O2S. The zero-order chi connectivity index (χ0) is 15.2. The van der Waals surface area contributed by atoms with Gasteiger partial charge in [-0.05, 0) is 12.1 Å². The maximum atomic E-state index is 13.2. The normalized spacial score (nSPS) is 12.1. The van der Waals surface area contributed by atoms with E-state index in [4.69, 9.17) is 10.5 Å². The van der Waals surface area contributed by atoms with E-state index in [-0.39, 0.29) is 30.8 Å². The Morgan fingerprint density at radius 3 is 3.05 bits per heavy atom. The molecule has 0 fully saturated rings. The molecule has 0 aliphatic carbocycles. The Morgan fingerprint density at radius 1 is 1.57 bits per heavy atom. The van der Waals surface area contributed by atoms with E-state index >= 15 is 0 Å². The molecule has 1 aromatic heterocycles. The van der Waals surface area contributed by atoms with Crippen LogP contribution in [0.5, 0.6) is 0 Å². The first-order chi connectivity index (χ1) is 10.1. The summed E-state index contributed by atoms with van der Waals surface area (Å²) in [6.07, 6.45) is -0.144. The van der Waals surface area contributed by atoms with Crippen molar-refractivity contribution < 1.29 is 13.9 Å². The van der Waals surface area contributed by atoms with Crippen molar-refractivity contribution in [2.45, 2.75) is 12.5 Å². The third kappa shape index (κ3) is 4.32. The molecule has 0 saturated heterocycles. The minimum absolute atomic E-state index is 0.169. The third-order valence-corrected chi connectivity index (χ3v) is 3.64. The van der Waals surface area contributed by atoms with Crippen LogP contribution in [0.1, 0.15) is 6.42 Å². The molecule has 2 rings (SSSR count). The van der Waals surface area contributed by atoms with E-state index in [1.165, 1.54) is 30.6 Å². The van der Waals surface area contributed by atoms with Gasteiger partial charge in [-0.3, -0.25) is 4.79 Å². The third-order valence-electron chi connectivity index (χ3n) is 2.88. The lowest BCUT2D eigenvalue weighted by Crippen LogP contribution is -2.28. The van der Waals surface area contributed by atoms with Crippen molar-refractivity contribution in [3.8, 4) is 11.3 Å². The molecule has 5 nitrogen and oxygen atoms in total. The highest BCUT2D eigenvalue weighted by Crippen LogP contribution is 2.25. The lowest BCUT2D eigenvalue weighted by molar-refractivity contribution is -0.118. The number of benzene rings is 1. The van der Waals surface area contributed by atoms with Crippen molar-refractivity contribution in [2.24, 2.45) is 5.73 Å². The highest BCUT2D eigenvalue weighted by atomic mass is 32.1. The summed E-state index contributed by atoms with van der Waals surface area (Å²) in [6, 6.07) is 6.15. The summed E-state index contributed by atoms with van der Waals surface area (Å²) in [5.41, 5.74) is 6.76. The summed E-state index contributed by atoms with van der Waals surface area (Å²) in [4.78, 5) is 16.1. The number of amides is 1. The molecule has 7 heteroatoms. The number of methoxy groups -OCH3 is 1. The summed E-state index contributed by atoms with van der Waals surface area (Å²) in [5.74, 6) is -0.538. The molecule has 2 aromatic rings. The Morgan fingerprint density at radius 2 is 2.38 bits per heavy atom. The van der Waals surface area contributed by atoms with Gasteiger partial charge in [0.2, 0.25) is 5.91 Å². The molecular weight excluding hydrogens is 293 g/mol. The van der Waals surface area contributed by atoms with Gasteiger partial charge in [0.05, 0.1) is 18.2 Å². The highest BCUT2D eigenvalue weighted by Gasteiger charge is 2.13. The average Bonchev–Trinajstić information content (AvgIpc) is 2.93. The van der Waals surface area contributed by atoms with Crippen LogP contribution in [-0.4, -0.2) is 30.6 Å². The first-order valence-electron chi connectivity index (χ1n) is 6.36. The number of anilines is 1. The van der Waals surface area contributed by atoms with Gasteiger partial charge >= 0.3 is 0 Å². The van der Waals surface area contributed by atoms with Gasteiger partial charge in [0.1, 0.15) is 5.82 Å². The van der Waals surface area contributed by atoms with Gasteiger partial charge in [-0.25, -0.2) is 9.37 Å². The van der Waals surface area contributed by atoms with Crippen LogP contribution in [0.25, 0.3) is 11.3 Å². The fraction of sp³-hybridized carbons (Fsp3) is 0.286. The van der Waals surface area contributed by atoms with E-state index in [2.05, 4.69) is 10.3 Å². The van der Waals surface area contributed by atoms with Crippen LogP contribution in [0.3, 0.4) is 0 Å². The lowest BCUT2D eigenvalue weighted by atomic mass is 10.2. The second kappa shape index (κ2) is 7.26. The minimum Gasteiger partial charge on any atom is -0.380 e. The number of hydrogen-bond donors (Lipinski definition) is 2. The van der Waals surface area contributed by atoms with Crippen molar-refractivity contribution in [2.75, 3.05) is 19.0 Å². The first-order valence-corrected chi connectivity index (χ1v) is 7.24. The predicted molar refractivity (Wildman–Crippen MR) is 80.6 cm³/mol. The van der Waals surface area contributed by atoms with E-state index in [9.17, 15) is 9.18 Å². The van der Waals surface area contributed by atoms with Crippen molar-refractivity contribution in [3.63, 3.8) is 0 Å². The molecule has 0 aliphatic rings. The van der Waals surface area contributed by atoms with Crippen LogP contribution in [0.15, 0.2) is 29.6 Å². The van der Waals surface area contributed by atoms with Gasteiger partial charge < -0.3 is 15.8 Å². The molecule has 1 heterocycles. The number of nitrogens with one attached hydrogen (secondary N) is 1. The summed E-state index contributed by atoms with van der Waals surface area (Å²) >= 11 is 1.28. The summed E-state index contributed by atoms with van der Waals surface area (Å²) < 4.78 is 18.2. The number of thiazole rings is 1. The van der Waals surface area contributed by atoms with Crippen LogP contribution in [-0.2, 0) is 9.53 Å². The molecule has 1 aromatic carbocycles. The van der Waals surface area contributed by atoms with Crippen molar-refractivity contribution in [1.82, 2.24) is 4.98 Å². The molecule has 0 spiro atoms. The Hall–Kier alpha value is -1.83. The fourth-order valence-corrected chi connectivity index (χ4v) is 2.49. The van der Waals surface area contributed by atoms with E-state index in [0.29, 0.717) is 16.4 Å². The SMILES string of the molecule is COC(CN)CC(=O)Nc1nc(-c2cccc(F)c2)cs1. The smallest absolute Gasteiger partial charge is 0.228 e. The second-order valence-electron chi connectivity index (χ2n) is 4.39. The fourth-order valence-electron chi connectivity index (χ4n) is 1.75. The van der Waals surface area contributed by atoms with Gasteiger partial charge in [0, 0.05) is 24.6 Å². The van der Waals surface area contributed by atoms with Crippen LogP contribution in [0.4, 0.5) is 9.52 Å². The maximum absolute atomic E-state index is 13.2. The molecule has 1 atom stereocenters. The molecule has 112 valence electrons. The molecule has 0 aliphatic heterocycles. The topological polar surface area (TPSA) is 77.2 Å². The van der Waals surface area contributed by atoms with E-state index in [1.807, 2.05) is 0 Å². The van der Waals surface area contributed by atoms with E-state index < -0.39 is 0 Å². The number of aromatic nitrogens is 1. The molecule has 3 N–H and O–H groups in total. The quantitative estimate of drug-likeness (QED) is 0.858. The van der Waals surface area contributed by atoms with E-state index in [1.54, 1.807) is 17.5 Å². The van der Waals surface area contributed by atoms with Crippen molar-refractivity contribution in [3.05, 3.63) is 35.5 Å². The second-order valence-corrected chi connectivity index (χ2v) is 5.25. The Bertz CT molecular complexity index is 614. The van der Waals surface area contributed by atoms with Gasteiger partial charge in [0.25, 0.3) is 0 Å². The number of nitrogens with two attached hydrogens (primary N) is 1.